The van der Waals surface area contributed by atoms with Gasteiger partial charge in [0.25, 0.3) is 0 Å². The van der Waals surface area contributed by atoms with Gasteiger partial charge in [0, 0.05) is 6.04 Å². The van der Waals surface area contributed by atoms with Crippen molar-refractivity contribution in [3.8, 4) is 6.07 Å². The Morgan fingerprint density at radius 3 is 2.42 bits per heavy atom. The van der Waals surface area contributed by atoms with Crippen molar-refractivity contribution in [2.24, 2.45) is 5.73 Å². The van der Waals surface area contributed by atoms with Crippen molar-refractivity contribution >= 4 is 0 Å². The first-order valence-electron chi connectivity index (χ1n) is 3.97. The fraction of sp³-hybridized carbons (Fsp3) is 0.300. The number of hydrogen-bond donors (Lipinski definition) is 1. The monoisotopic (exact) mass is 160 g/mol. The summed E-state index contributed by atoms with van der Waals surface area (Å²) in [4.78, 5) is 0. The topological polar surface area (TPSA) is 49.8 Å². The van der Waals surface area contributed by atoms with Crippen LogP contribution in [0.1, 0.15) is 18.1 Å². The molecular formula is C10H12N2. The first-order chi connectivity index (χ1) is 5.72. The van der Waals surface area contributed by atoms with Crippen LogP contribution >= 0.6 is 0 Å². The van der Waals surface area contributed by atoms with Crippen molar-refractivity contribution in [1.82, 2.24) is 0 Å². The van der Waals surface area contributed by atoms with Gasteiger partial charge in [-0.25, -0.2) is 0 Å². The Morgan fingerprint density at radius 1 is 1.42 bits per heavy atom. The van der Waals surface area contributed by atoms with Crippen molar-refractivity contribution in [1.29, 1.82) is 5.26 Å². The highest BCUT2D eigenvalue weighted by Crippen LogP contribution is 2.04. The lowest BCUT2D eigenvalue weighted by Crippen LogP contribution is -2.17. The van der Waals surface area contributed by atoms with Crippen LogP contribution < -0.4 is 5.73 Å². The minimum absolute atomic E-state index is 0.179. The Kier molecular flexibility index (Phi) is 2.84. The molecule has 0 fully saturated rings. The Balaban J connectivity index is 2.73. The summed E-state index contributed by atoms with van der Waals surface area (Å²) in [5.41, 5.74) is 7.51. The van der Waals surface area contributed by atoms with Crippen molar-refractivity contribution in [3.63, 3.8) is 0 Å². The molecule has 12 heavy (non-hydrogen) atoms. The maximum absolute atomic E-state index is 8.54. The molecule has 2 heteroatoms. The molecule has 0 saturated heterocycles. The van der Waals surface area contributed by atoms with Crippen molar-refractivity contribution < 1.29 is 0 Å². The molecule has 0 unspecified atom stereocenters. The molecule has 0 aliphatic heterocycles. The van der Waals surface area contributed by atoms with Crippen LogP contribution in [0.2, 0.25) is 0 Å². The van der Waals surface area contributed by atoms with Gasteiger partial charge in [0.05, 0.1) is 11.6 Å². The van der Waals surface area contributed by atoms with Gasteiger partial charge in [-0.3, -0.25) is 0 Å². The fourth-order valence-electron chi connectivity index (χ4n) is 1.09. The van der Waals surface area contributed by atoms with Crippen LogP contribution in [0, 0.1) is 11.3 Å². The van der Waals surface area contributed by atoms with Gasteiger partial charge in [-0.15, -0.1) is 0 Å². The largest absolute Gasteiger partial charge is 0.328 e. The molecule has 0 aliphatic rings. The summed E-state index contributed by atoms with van der Waals surface area (Å²) in [5, 5.41) is 8.54. The Hall–Kier alpha value is -1.33. The van der Waals surface area contributed by atoms with Crippen molar-refractivity contribution in [3.05, 3.63) is 35.4 Å². The summed E-state index contributed by atoms with van der Waals surface area (Å²) >= 11 is 0. The average molecular weight is 160 g/mol. The van der Waals surface area contributed by atoms with Crippen molar-refractivity contribution in [2.45, 2.75) is 19.4 Å². The first-order valence-corrected chi connectivity index (χ1v) is 3.97. The predicted octanol–water partition coefficient (Wildman–Crippen LogP) is 1.45. The average Bonchev–Trinajstić information content (AvgIpc) is 2.05. The number of nitrogens with zero attached hydrogens (tertiary/aromatic N) is 1. The molecule has 1 aromatic rings. The van der Waals surface area contributed by atoms with Gasteiger partial charge < -0.3 is 5.73 Å². The molecule has 0 saturated carbocycles. The number of hydrogen-bond acceptors (Lipinski definition) is 2. The number of nitriles is 1. The predicted molar refractivity (Wildman–Crippen MR) is 48.5 cm³/mol. The van der Waals surface area contributed by atoms with Gasteiger partial charge in [-0.2, -0.15) is 5.26 Å². The second kappa shape index (κ2) is 3.89. The van der Waals surface area contributed by atoms with Crippen LogP contribution in [0.3, 0.4) is 0 Å². The molecule has 0 heterocycles. The van der Waals surface area contributed by atoms with E-state index >= 15 is 0 Å². The van der Waals surface area contributed by atoms with Crippen LogP contribution in [0.25, 0.3) is 0 Å². The summed E-state index contributed by atoms with van der Waals surface area (Å²) in [6.45, 7) is 1.97. The number of nitrogens with two attached hydrogens (primary N) is 1. The summed E-state index contributed by atoms with van der Waals surface area (Å²) in [6.07, 6.45) is 0.867. The van der Waals surface area contributed by atoms with Gasteiger partial charge >= 0.3 is 0 Å². The zero-order valence-corrected chi connectivity index (χ0v) is 7.12. The third-order valence-corrected chi connectivity index (χ3v) is 1.64. The summed E-state index contributed by atoms with van der Waals surface area (Å²) < 4.78 is 0. The highest BCUT2D eigenvalue weighted by molar-refractivity contribution is 5.31. The normalized spacial score (nSPS) is 12.1. The molecule has 0 amide bonds. The van der Waals surface area contributed by atoms with Crippen LogP contribution in [0.4, 0.5) is 0 Å². The number of rotatable bonds is 2. The number of benzene rings is 1. The third-order valence-electron chi connectivity index (χ3n) is 1.64. The SMILES string of the molecule is C[C@@H](N)Cc1ccc(C#N)cc1. The van der Waals surface area contributed by atoms with Crippen molar-refractivity contribution in [2.75, 3.05) is 0 Å². The van der Waals surface area contributed by atoms with Crippen LogP contribution in [0.5, 0.6) is 0 Å². The Bertz CT molecular complexity index is 280. The van der Waals surface area contributed by atoms with E-state index in [1.54, 1.807) is 0 Å². The second-order valence-electron chi connectivity index (χ2n) is 2.99. The summed E-state index contributed by atoms with van der Waals surface area (Å²) in [6, 6.07) is 9.78. The van der Waals surface area contributed by atoms with Crippen LogP contribution in [0.15, 0.2) is 24.3 Å². The molecule has 0 radical (unpaired) electrons. The van der Waals surface area contributed by atoms with Gasteiger partial charge in [0.2, 0.25) is 0 Å². The quantitative estimate of drug-likeness (QED) is 0.711. The second-order valence-corrected chi connectivity index (χ2v) is 2.99. The lowest BCUT2D eigenvalue weighted by atomic mass is 10.1. The van der Waals surface area contributed by atoms with E-state index in [0.29, 0.717) is 5.56 Å². The highest BCUT2D eigenvalue weighted by Gasteiger charge is 1.96. The highest BCUT2D eigenvalue weighted by atomic mass is 14.6. The van der Waals surface area contributed by atoms with E-state index in [4.69, 9.17) is 11.0 Å². The Morgan fingerprint density at radius 2 is 2.00 bits per heavy atom. The molecular weight excluding hydrogens is 148 g/mol. The van der Waals surface area contributed by atoms with E-state index in [2.05, 4.69) is 6.07 Å². The maximum Gasteiger partial charge on any atom is 0.0991 e. The van der Waals surface area contributed by atoms with Gasteiger partial charge in [0.15, 0.2) is 0 Å². The van der Waals surface area contributed by atoms with E-state index in [9.17, 15) is 0 Å². The zero-order chi connectivity index (χ0) is 8.97. The molecule has 0 aliphatic carbocycles. The van der Waals surface area contributed by atoms with E-state index in [1.807, 2.05) is 31.2 Å². The molecule has 0 aromatic heterocycles. The van der Waals surface area contributed by atoms with Gasteiger partial charge in [-0.1, -0.05) is 12.1 Å². The fourth-order valence-corrected chi connectivity index (χ4v) is 1.09. The van der Waals surface area contributed by atoms with Crippen LogP contribution in [-0.4, -0.2) is 6.04 Å². The molecule has 1 rings (SSSR count). The molecule has 0 bridgehead atoms. The molecule has 62 valence electrons. The zero-order valence-electron chi connectivity index (χ0n) is 7.12. The van der Waals surface area contributed by atoms with E-state index < -0.39 is 0 Å². The smallest absolute Gasteiger partial charge is 0.0991 e. The molecule has 2 N–H and O–H groups in total. The summed E-state index contributed by atoms with van der Waals surface area (Å²) in [7, 11) is 0. The standard InChI is InChI=1S/C10H12N2/c1-8(12)6-9-2-4-10(7-11)5-3-9/h2-5,8H,6,12H2,1H3/t8-/m1/s1. The molecule has 0 spiro atoms. The minimum Gasteiger partial charge on any atom is -0.328 e. The molecule has 1 aromatic carbocycles. The maximum atomic E-state index is 8.54. The van der Waals surface area contributed by atoms with Gasteiger partial charge in [0.1, 0.15) is 0 Å². The summed E-state index contributed by atoms with van der Waals surface area (Å²) in [5.74, 6) is 0. The minimum atomic E-state index is 0.179. The van der Waals surface area contributed by atoms with Crippen LogP contribution in [-0.2, 0) is 6.42 Å². The third kappa shape index (κ3) is 2.37. The lowest BCUT2D eigenvalue weighted by molar-refractivity contribution is 0.738. The molecule has 2 nitrogen and oxygen atoms in total. The van der Waals surface area contributed by atoms with Gasteiger partial charge in [-0.05, 0) is 31.0 Å². The van der Waals surface area contributed by atoms with E-state index in [1.165, 1.54) is 5.56 Å². The first kappa shape index (κ1) is 8.76. The van der Waals surface area contributed by atoms with E-state index in [-0.39, 0.29) is 6.04 Å². The van der Waals surface area contributed by atoms with E-state index in [0.717, 1.165) is 6.42 Å². The lowest BCUT2D eigenvalue weighted by Gasteiger charge is -2.03. The molecule has 1 atom stereocenters. The Labute approximate surface area is 72.6 Å².